The van der Waals surface area contributed by atoms with Crippen molar-refractivity contribution < 1.29 is 0 Å². The summed E-state index contributed by atoms with van der Waals surface area (Å²) in [6.45, 7) is 2.92. The fourth-order valence-electron chi connectivity index (χ4n) is 1.47. The first-order valence-electron chi connectivity index (χ1n) is 5.69. The third-order valence-corrected chi connectivity index (χ3v) is 3.16. The molecule has 0 saturated heterocycles. The van der Waals surface area contributed by atoms with Gasteiger partial charge in [0.05, 0.1) is 0 Å². The van der Waals surface area contributed by atoms with E-state index in [0.29, 0.717) is 0 Å². The van der Waals surface area contributed by atoms with E-state index >= 15 is 0 Å². The number of benzene rings is 1. The van der Waals surface area contributed by atoms with Gasteiger partial charge in [-0.25, -0.2) is 4.98 Å². The lowest BCUT2D eigenvalue weighted by atomic mass is 10.1. The minimum atomic E-state index is 0.804. The standard InChI is InChI=1S/C12H16N4S/c1-2-11-15-12(17-16-11)14-8-7-9-3-5-10(13)6-4-9/h3-6H,2,7-8,13H2,1H3,(H,14,15,16). The molecule has 0 aliphatic heterocycles. The van der Waals surface area contributed by atoms with Gasteiger partial charge in [-0.1, -0.05) is 19.1 Å². The van der Waals surface area contributed by atoms with Gasteiger partial charge in [0.1, 0.15) is 5.82 Å². The Morgan fingerprint density at radius 2 is 2.06 bits per heavy atom. The highest BCUT2D eigenvalue weighted by molar-refractivity contribution is 7.09. The van der Waals surface area contributed by atoms with E-state index in [0.717, 1.165) is 36.0 Å². The molecule has 4 nitrogen and oxygen atoms in total. The van der Waals surface area contributed by atoms with Crippen molar-refractivity contribution in [1.82, 2.24) is 9.36 Å². The molecule has 0 aliphatic rings. The van der Waals surface area contributed by atoms with Gasteiger partial charge in [-0.15, -0.1) is 0 Å². The fraction of sp³-hybridized carbons (Fsp3) is 0.333. The number of hydrogen-bond donors (Lipinski definition) is 2. The molecule has 1 heterocycles. The van der Waals surface area contributed by atoms with Crippen LogP contribution in [0.15, 0.2) is 24.3 Å². The summed E-state index contributed by atoms with van der Waals surface area (Å²) in [6.07, 6.45) is 1.84. The molecule has 2 rings (SSSR count). The van der Waals surface area contributed by atoms with Crippen LogP contribution < -0.4 is 11.1 Å². The van der Waals surface area contributed by atoms with E-state index in [-0.39, 0.29) is 0 Å². The summed E-state index contributed by atoms with van der Waals surface area (Å²) in [5.41, 5.74) is 7.71. The number of anilines is 2. The zero-order valence-electron chi connectivity index (χ0n) is 9.81. The van der Waals surface area contributed by atoms with Gasteiger partial charge in [-0.3, -0.25) is 0 Å². The molecule has 0 unspecified atom stereocenters. The average Bonchev–Trinajstić information content (AvgIpc) is 2.80. The van der Waals surface area contributed by atoms with Crippen molar-refractivity contribution >= 4 is 22.4 Å². The van der Waals surface area contributed by atoms with Crippen molar-refractivity contribution in [3.05, 3.63) is 35.7 Å². The molecule has 0 radical (unpaired) electrons. The van der Waals surface area contributed by atoms with Crippen LogP contribution in [-0.2, 0) is 12.8 Å². The summed E-state index contributed by atoms with van der Waals surface area (Å²) in [7, 11) is 0. The second kappa shape index (κ2) is 5.63. The molecule has 2 aromatic rings. The van der Waals surface area contributed by atoms with Gasteiger partial charge < -0.3 is 11.1 Å². The first kappa shape index (κ1) is 11.9. The molecule has 0 fully saturated rings. The Morgan fingerprint density at radius 1 is 1.29 bits per heavy atom. The first-order chi connectivity index (χ1) is 8.28. The van der Waals surface area contributed by atoms with Gasteiger partial charge in [0.25, 0.3) is 0 Å². The molecule has 0 bridgehead atoms. The molecule has 0 saturated carbocycles. The van der Waals surface area contributed by atoms with E-state index in [2.05, 4.69) is 33.7 Å². The third kappa shape index (κ3) is 3.42. The Kier molecular flexibility index (Phi) is 3.93. The van der Waals surface area contributed by atoms with Crippen LogP contribution in [0.5, 0.6) is 0 Å². The van der Waals surface area contributed by atoms with Crippen molar-refractivity contribution in [3.63, 3.8) is 0 Å². The molecule has 90 valence electrons. The lowest BCUT2D eigenvalue weighted by Gasteiger charge is -2.02. The molecular weight excluding hydrogens is 232 g/mol. The quantitative estimate of drug-likeness (QED) is 0.797. The van der Waals surface area contributed by atoms with Crippen LogP contribution in [0.2, 0.25) is 0 Å². The number of nitrogens with one attached hydrogen (secondary N) is 1. The van der Waals surface area contributed by atoms with E-state index in [4.69, 9.17) is 5.73 Å². The number of aryl methyl sites for hydroxylation is 1. The van der Waals surface area contributed by atoms with Crippen molar-refractivity contribution in [2.45, 2.75) is 19.8 Å². The zero-order valence-corrected chi connectivity index (χ0v) is 10.6. The van der Waals surface area contributed by atoms with Crippen LogP contribution in [0.25, 0.3) is 0 Å². The van der Waals surface area contributed by atoms with Crippen LogP contribution in [0, 0.1) is 0 Å². The topological polar surface area (TPSA) is 63.8 Å². The van der Waals surface area contributed by atoms with E-state index in [1.54, 1.807) is 0 Å². The number of nitrogen functional groups attached to an aromatic ring is 1. The summed E-state index contributed by atoms with van der Waals surface area (Å²) in [6, 6.07) is 7.95. The van der Waals surface area contributed by atoms with Crippen molar-refractivity contribution in [2.75, 3.05) is 17.6 Å². The zero-order chi connectivity index (χ0) is 12.1. The maximum Gasteiger partial charge on any atom is 0.202 e. The first-order valence-corrected chi connectivity index (χ1v) is 6.46. The lowest BCUT2D eigenvalue weighted by Crippen LogP contribution is -2.04. The van der Waals surface area contributed by atoms with E-state index in [1.165, 1.54) is 17.1 Å². The summed E-state index contributed by atoms with van der Waals surface area (Å²) >= 11 is 1.42. The normalized spacial score (nSPS) is 10.4. The molecule has 17 heavy (non-hydrogen) atoms. The number of nitrogens with two attached hydrogens (primary N) is 1. The second-order valence-corrected chi connectivity index (χ2v) is 4.54. The molecule has 1 aromatic heterocycles. The molecule has 0 spiro atoms. The Morgan fingerprint density at radius 3 is 2.71 bits per heavy atom. The highest BCUT2D eigenvalue weighted by atomic mass is 32.1. The molecule has 5 heteroatoms. The van der Waals surface area contributed by atoms with Crippen molar-refractivity contribution in [1.29, 1.82) is 0 Å². The number of rotatable bonds is 5. The van der Waals surface area contributed by atoms with Crippen molar-refractivity contribution in [2.24, 2.45) is 0 Å². The predicted octanol–water partition coefficient (Wildman–Crippen LogP) is 2.34. The fourth-order valence-corrected chi connectivity index (χ4v) is 2.14. The molecule has 0 amide bonds. The average molecular weight is 248 g/mol. The van der Waals surface area contributed by atoms with Crippen LogP contribution >= 0.6 is 11.5 Å². The number of aromatic nitrogens is 2. The predicted molar refractivity (Wildman–Crippen MR) is 72.3 cm³/mol. The van der Waals surface area contributed by atoms with Gasteiger partial charge in [-0.05, 0) is 24.1 Å². The SMILES string of the molecule is CCc1nsc(NCCc2ccc(N)cc2)n1. The van der Waals surface area contributed by atoms with E-state index < -0.39 is 0 Å². The maximum atomic E-state index is 5.63. The van der Waals surface area contributed by atoms with Crippen LogP contribution in [-0.4, -0.2) is 15.9 Å². The molecular formula is C12H16N4S. The summed E-state index contributed by atoms with van der Waals surface area (Å²) < 4.78 is 4.22. The summed E-state index contributed by atoms with van der Waals surface area (Å²) in [4.78, 5) is 4.35. The minimum Gasteiger partial charge on any atom is -0.399 e. The largest absolute Gasteiger partial charge is 0.399 e. The third-order valence-electron chi connectivity index (χ3n) is 2.45. The van der Waals surface area contributed by atoms with E-state index in [9.17, 15) is 0 Å². The monoisotopic (exact) mass is 248 g/mol. The van der Waals surface area contributed by atoms with Gasteiger partial charge in [0.15, 0.2) is 0 Å². The van der Waals surface area contributed by atoms with Gasteiger partial charge >= 0.3 is 0 Å². The van der Waals surface area contributed by atoms with Gasteiger partial charge in [0, 0.05) is 30.2 Å². The highest BCUT2D eigenvalue weighted by Gasteiger charge is 2.00. The van der Waals surface area contributed by atoms with Gasteiger partial charge in [0.2, 0.25) is 5.13 Å². The van der Waals surface area contributed by atoms with E-state index in [1.807, 2.05) is 12.1 Å². The van der Waals surface area contributed by atoms with Crippen molar-refractivity contribution in [3.8, 4) is 0 Å². The van der Waals surface area contributed by atoms with Crippen LogP contribution in [0.3, 0.4) is 0 Å². The number of nitrogens with zero attached hydrogens (tertiary/aromatic N) is 2. The van der Waals surface area contributed by atoms with Crippen LogP contribution in [0.4, 0.5) is 10.8 Å². The second-order valence-electron chi connectivity index (χ2n) is 3.79. The Bertz CT molecular complexity index is 464. The summed E-state index contributed by atoms with van der Waals surface area (Å²) in [5.74, 6) is 0.907. The molecule has 0 atom stereocenters. The van der Waals surface area contributed by atoms with Crippen LogP contribution in [0.1, 0.15) is 18.3 Å². The van der Waals surface area contributed by atoms with Gasteiger partial charge in [-0.2, -0.15) is 4.37 Å². The minimum absolute atomic E-state index is 0.804. The Labute approximate surface area is 105 Å². The Hall–Kier alpha value is -1.62. The molecule has 0 aliphatic carbocycles. The number of hydrogen-bond acceptors (Lipinski definition) is 5. The smallest absolute Gasteiger partial charge is 0.202 e. The Balaban J connectivity index is 1.81. The highest BCUT2D eigenvalue weighted by Crippen LogP contribution is 2.12. The lowest BCUT2D eigenvalue weighted by molar-refractivity contribution is 0.978. The molecule has 3 N–H and O–H groups in total. The maximum absolute atomic E-state index is 5.63. The summed E-state index contributed by atoms with van der Waals surface area (Å²) in [5, 5.41) is 4.18. The molecule has 1 aromatic carbocycles.